The van der Waals surface area contributed by atoms with E-state index in [1.807, 2.05) is 48.2 Å². The smallest absolute Gasteiger partial charge is 0.196 e. The summed E-state index contributed by atoms with van der Waals surface area (Å²) in [6, 6.07) is 14.2. The second-order valence-electron chi connectivity index (χ2n) is 5.04. The highest BCUT2D eigenvalue weighted by molar-refractivity contribution is 9.10. The summed E-state index contributed by atoms with van der Waals surface area (Å²) >= 11 is 9.84. The van der Waals surface area contributed by atoms with E-state index in [1.165, 1.54) is 0 Å². The summed E-state index contributed by atoms with van der Waals surface area (Å²) in [7, 11) is 0. The van der Waals surface area contributed by atoms with Crippen LogP contribution in [0.5, 0.6) is 0 Å². The molecule has 0 amide bonds. The summed E-state index contributed by atoms with van der Waals surface area (Å²) in [5.74, 6) is 0.531. The lowest BCUT2D eigenvalue weighted by Gasteiger charge is -2.27. The molecule has 0 saturated carbocycles. The minimum atomic E-state index is 0.0711. The monoisotopic (exact) mass is 363 g/mol. The van der Waals surface area contributed by atoms with Gasteiger partial charge < -0.3 is 10.6 Å². The predicted octanol–water partition coefficient (Wildman–Crippen LogP) is 4.29. The highest BCUT2D eigenvalue weighted by Gasteiger charge is 2.30. The molecular weight excluding hydrogens is 350 g/mol. The molecule has 21 heavy (non-hydrogen) atoms. The fourth-order valence-corrected chi connectivity index (χ4v) is 3.17. The van der Waals surface area contributed by atoms with Crippen molar-refractivity contribution in [3.8, 4) is 0 Å². The molecule has 0 bridgehead atoms. The summed E-state index contributed by atoms with van der Waals surface area (Å²) in [4.78, 5) is 6.45. The molecule has 0 fully saturated rings. The first-order valence-corrected chi connectivity index (χ1v) is 7.85. The maximum Gasteiger partial charge on any atom is 0.196 e. The van der Waals surface area contributed by atoms with E-state index >= 15 is 0 Å². The SMILES string of the molecule is Cc1ccc(C2CN=C(N)N2c2ccccc2Br)cc1Cl. The number of rotatable bonds is 2. The summed E-state index contributed by atoms with van der Waals surface area (Å²) in [5, 5.41) is 0.769. The molecule has 2 aromatic carbocycles. The standard InChI is InChI=1S/C16H15BrClN3/c1-10-6-7-11(8-13(10)18)15-9-20-16(19)21(15)14-5-3-2-4-12(14)17/h2-8,15H,9H2,1H3,(H2,19,20). The number of guanidine groups is 1. The quantitative estimate of drug-likeness (QED) is 0.864. The first-order chi connectivity index (χ1) is 10.1. The van der Waals surface area contributed by atoms with Crippen molar-refractivity contribution in [1.82, 2.24) is 0 Å². The van der Waals surface area contributed by atoms with E-state index in [-0.39, 0.29) is 6.04 Å². The highest BCUT2D eigenvalue weighted by Crippen LogP contribution is 2.36. The number of anilines is 1. The second kappa shape index (κ2) is 5.70. The molecule has 2 N–H and O–H groups in total. The average molecular weight is 365 g/mol. The van der Waals surface area contributed by atoms with Gasteiger partial charge in [-0.25, -0.2) is 0 Å². The first-order valence-electron chi connectivity index (χ1n) is 6.67. The number of halogens is 2. The van der Waals surface area contributed by atoms with Gasteiger partial charge >= 0.3 is 0 Å². The van der Waals surface area contributed by atoms with E-state index in [9.17, 15) is 0 Å². The minimum absolute atomic E-state index is 0.0711. The van der Waals surface area contributed by atoms with Gasteiger partial charge in [0.2, 0.25) is 0 Å². The summed E-state index contributed by atoms with van der Waals surface area (Å²) in [6.45, 7) is 2.63. The highest BCUT2D eigenvalue weighted by atomic mass is 79.9. The zero-order chi connectivity index (χ0) is 15.0. The normalized spacial score (nSPS) is 18.0. The topological polar surface area (TPSA) is 41.6 Å². The molecule has 1 aliphatic rings. The molecule has 2 aromatic rings. The number of aliphatic imine (C=N–C) groups is 1. The molecule has 3 nitrogen and oxygen atoms in total. The van der Waals surface area contributed by atoms with Gasteiger partial charge in [-0.2, -0.15) is 0 Å². The Balaban J connectivity index is 2.03. The van der Waals surface area contributed by atoms with Crippen molar-refractivity contribution < 1.29 is 0 Å². The molecule has 1 unspecified atom stereocenters. The van der Waals surface area contributed by atoms with Crippen LogP contribution >= 0.6 is 27.5 Å². The number of nitrogens with zero attached hydrogens (tertiary/aromatic N) is 2. The third kappa shape index (κ3) is 2.65. The molecule has 1 heterocycles. The van der Waals surface area contributed by atoms with Crippen LogP contribution in [-0.4, -0.2) is 12.5 Å². The van der Waals surface area contributed by atoms with Gasteiger partial charge in [-0.1, -0.05) is 35.9 Å². The summed E-state index contributed by atoms with van der Waals surface area (Å²) in [6.07, 6.45) is 0. The van der Waals surface area contributed by atoms with E-state index in [0.717, 1.165) is 26.3 Å². The molecule has 0 aromatic heterocycles. The van der Waals surface area contributed by atoms with Gasteiger partial charge in [0.1, 0.15) is 0 Å². The van der Waals surface area contributed by atoms with Gasteiger partial charge in [-0.05, 0) is 52.2 Å². The number of nitrogens with two attached hydrogens (primary N) is 1. The van der Waals surface area contributed by atoms with Crippen molar-refractivity contribution in [2.24, 2.45) is 10.7 Å². The Morgan fingerprint density at radius 2 is 2.05 bits per heavy atom. The van der Waals surface area contributed by atoms with Crippen molar-refractivity contribution in [3.63, 3.8) is 0 Å². The second-order valence-corrected chi connectivity index (χ2v) is 6.31. The van der Waals surface area contributed by atoms with Crippen LogP contribution in [-0.2, 0) is 0 Å². The molecule has 3 rings (SSSR count). The molecule has 5 heteroatoms. The average Bonchev–Trinajstić information content (AvgIpc) is 2.84. The Morgan fingerprint density at radius 1 is 1.29 bits per heavy atom. The van der Waals surface area contributed by atoms with Crippen LogP contribution in [0.3, 0.4) is 0 Å². The number of aryl methyl sites for hydroxylation is 1. The molecule has 0 saturated heterocycles. The maximum absolute atomic E-state index is 6.26. The summed E-state index contributed by atoms with van der Waals surface area (Å²) < 4.78 is 0.994. The third-order valence-electron chi connectivity index (χ3n) is 3.68. The Morgan fingerprint density at radius 3 is 2.76 bits per heavy atom. The largest absolute Gasteiger partial charge is 0.369 e. The van der Waals surface area contributed by atoms with Crippen molar-refractivity contribution in [3.05, 3.63) is 63.1 Å². The van der Waals surface area contributed by atoms with Crippen LogP contribution in [0.4, 0.5) is 5.69 Å². The van der Waals surface area contributed by atoms with Crippen molar-refractivity contribution >= 4 is 39.2 Å². The van der Waals surface area contributed by atoms with E-state index < -0.39 is 0 Å². The Hall–Kier alpha value is -1.52. The lowest BCUT2D eigenvalue weighted by atomic mass is 10.0. The fraction of sp³-hybridized carbons (Fsp3) is 0.188. The molecule has 1 aliphatic heterocycles. The zero-order valence-electron chi connectivity index (χ0n) is 11.6. The first kappa shape index (κ1) is 14.4. The minimum Gasteiger partial charge on any atom is -0.369 e. The van der Waals surface area contributed by atoms with Crippen LogP contribution in [0, 0.1) is 6.92 Å². The van der Waals surface area contributed by atoms with Gasteiger partial charge in [-0.15, -0.1) is 0 Å². The number of benzene rings is 2. The number of hydrogen-bond donors (Lipinski definition) is 1. The van der Waals surface area contributed by atoms with Crippen LogP contribution in [0.25, 0.3) is 0 Å². The lowest BCUT2D eigenvalue weighted by molar-refractivity contribution is 0.767. The number of para-hydroxylation sites is 1. The van der Waals surface area contributed by atoms with Gasteiger partial charge in [0.15, 0.2) is 5.96 Å². The number of hydrogen-bond acceptors (Lipinski definition) is 3. The van der Waals surface area contributed by atoms with Crippen molar-refractivity contribution in [2.75, 3.05) is 11.4 Å². The van der Waals surface area contributed by atoms with Crippen molar-refractivity contribution in [1.29, 1.82) is 0 Å². The predicted molar refractivity (Wildman–Crippen MR) is 92.0 cm³/mol. The molecule has 1 atom stereocenters. The van der Waals surface area contributed by atoms with E-state index in [1.54, 1.807) is 0 Å². The van der Waals surface area contributed by atoms with E-state index in [4.69, 9.17) is 17.3 Å². The maximum atomic E-state index is 6.26. The zero-order valence-corrected chi connectivity index (χ0v) is 13.9. The van der Waals surface area contributed by atoms with E-state index in [0.29, 0.717) is 12.5 Å². The molecule has 108 valence electrons. The van der Waals surface area contributed by atoms with Gasteiger partial charge in [0.05, 0.1) is 18.3 Å². The van der Waals surface area contributed by atoms with Gasteiger partial charge in [0, 0.05) is 9.50 Å². The van der Waals surface area contributed by atoms with Crippen molar-refractivity contribution in [2.45, 2.75) is 13.0 Å². The molecular formula is C16H15BrClN3. The molecule has 0 aliphatic carbocycles. The summed E-state index contributed by atoms with van der Waals surface area (Å²) in [5.41, 5.74) is 9.30. The van der Waals surface area contributed by atoms with Crippen LogP contribution in [0.1, 0.15) is 17.2 Å². The van der Waals surface area contributed by atoms with Crippen LogP contribution in [0.2, 0.25) is 5.02 Å². The fourth-order valence-electron chi connectivity index (χ4n) is 2.51. The molecule has 0 radical (unpaired) electrons. The van der Waals surface area contributed by atoms with E-state index in [2.05, 4.69) is 27.0 Å². The van der Waals surface area contributed by atoms with Gasteiger partial charge in [0.25, 0.3) is 0 Å². The van der Waals surface area contributed by atoms with Crippen LogP contribution in [0.15, 0.2) is 51.9 Å². The lowest BCUT2D eigenvalue weighted by Crippen LogP contribution is -2.36. The molecule has 0 spiro atoms. The van der Waals surface area contributed by atoms with Gasteiger partial charge in [-0.3, -0.25) is 4.99 Å². The Kier molecular flexibility index (Phi) is 3.91. The Labute approximate surface area is 137 Å². The Bertz CT molecular complexity index is 714. The third-order valence-corrected chi connectivity index (χ3v) is 4.76. The van der Waals surface area contributed by atoms with Crippen LogP contribution < -0.4 is 10.6 Å².